The molecule has 0 radical (unpaired) electrons. The number of methoxy groups -OCH3 is 1. The summed E-state index contributed by atoms with van der Waals surface area (Å²) >= 11 is 6.30. The van der Waals surface area contributed by atoms with Gasteiger partial charge < -0.3 is 15.0 Å². The van der Waals surface area contributed by atoms with E-state index in [2.05, 4.69) is 24.9 Å². The normalized spacial score (nSPS) is 14.1. The van der Waals surface area contributed by atoms with Crippen molar-refractivity contribution >= 4 is 29.6 Å². The molecule has 2 heterocycles. The lowest BCUT2D eigenvalue weighted by Crippen LogP contribution is -2.42. The van der Waals surface area contributed by atoms with Crippen LogP contribution in [0.4, 0.5) is 10.3 Å². The number of benzene rings is 2. The zero-order valence-electron chi connectivity index (χ0n) is 19.7. The first kappa shape index (κ1) is 25.3. The number of hydrogen-bond donors (Lipinski definition) is 1. The van der Waals surface area contributed by atoms with Crippen molar-refractivity contribution in [2.45, 2.75) is 25.4 Å². The van der Waals surface area contributed by atoms with Gasteiger partial charge in [-0.05, 0) is 42.2 Å². The van der Waals surface area contributed by atoms with Crippen LogP contribution in [0.1, 0.15) is 29.5 Å². The van der Waals surface area contributed by atoms with E-state index >= 15 is 0 Å². The summed E-state index contributed by atoms with van der Waals surface area (Å²) in [6, 6.07) is 14.5. The molecule has 4 rings (SSSR count). The molecule has 0 atom stereocenters. The first-order valence-electron chi connectivity index (χ1n) is 11.5. The van der Waals surface area contributed by atoms with E-state index < -0.39 is 5.82 Å². The lowest BCUT2D eigenvalue weighted by Gasteiger charge is -2.32. The predicted octanol–water partition coefficient (Wildman–Crippen LogP) is 4.75. The number of rotatable bonds is 7. The highest BCUT2D eigenvalue weighted by molar-refractivity contribution is 6.32. The molecule has 184 valence electrons. The fourth-order valence-electron chi connectivity index (χ4n) is 3.99. The number of esters is 1. The van der Waals surface area contributed by atoms with Crippen molar-refractivity contribution in [1.29, 1.82) is 5.26 Å². The Morgan fingerprint density at radius 3 is 2.69 bits per heavy atom. The van der Waals surface area contributed by atoms with Gasteiger partial charge in [0.2, 0.25) is 5.95 Å². The highest BCUT2D eigenvalue weighted by Gasteiger charge is 2.22. The van der Waals surface area contributed by atoms with Crippen LogP contribution in [0.5, 0.6) is 0 Å². The summed E-state index contributed by atoms with van der Waals surface area (Å²) in [6.07, 6.45) is 6.50. The van der Waals surface area contributed by atoms with E-state index in [1.54, 1.807) is 12.1 Å². The van der Waals surface area contributed by atoms with E-state index in [9.17, 15) is 9.18 Å². The van der Waals surface area contributed by atoms with Crippen molar-refractivity contribution in [2.75, 3.05) is 25.1 Å². The Morgan fingerprint density at radius 2 is 2.03 bits per heavy atom. The molecular formula is C27H25ClFN5O2. The minimum atomic E-state index is -0.606. The van der Waals surface area contributed by atoms with E-state index in [1.165, 1.54) is 31.5 Å². The number of nitriles is 1. The maximum Gasteiger partial charge on any atom is 0.330 e. The average Bonchev–Trinajstić information content (AvgIpc) is 2.91. The Labute approximate surface area is 214 Å². The summed E-state index contributed by atoms with van der Waals surface area (Å²) in [5, 5.41) is 12.9. The first-order valence-corrected chi connectivity index (χ1v) is 11.9. The molecular weight excluding hydrogens is 481 g/mol. The Kier molecular flexibility index (Phi) is 8.26. The van der Waals surface area contributed by atoms with Crippen LogP contribution in [0.25, 0.3) is 17.3 Å². The summed E-state index contributed by atoms with van der Waals surface area (Å²) in [6.45, 7) is 2.30. The molecule has 0 aliphatic carbocycles. The zero-order valence-corrected chi connectivity index (χ0v) is 20.5. The Balaban J connectivity index is 1.32. The molecule has 7 nitrogen and oxygen atoms in total. The molecule has 0 spiro atoms. The number of aromatic nitrogens is 2. The number of anilines is 1. The third kappa shape index (κ3) is 6.25. The molecule has 36 heavy (non-hydrogen) atoms. The summed E-state index contributed by atoms with van der Waals surface area (Å²) in [5.41, 5.74) is 3.01. The van der Waals surface area contributed by atoms with Crippen molar-refractivity contribution < 1.29 is 13.9 Å². The van der Waals surface area contributed by atoms with Crippen molar-refractivity contribution in [2.24, 2.45) is 0 Å². The molecule has 1 saturated heterocycles. The Hall–Kier alpha value is -3.80. The second-order valence-electron chi connectivity index (χ2n) is 8.41. The number of halogens is 2. The average molecular weight is 506 g/mol. The molecule has 0 bridgehead atoms. The summed E-state index contributed by atoms with van der Waals surface area (Å²) in [4.78, 5) is 22.3. The topological polar surface area (TPSA) is 91.1 Å². The maximum atomic E-state index is 14.1. The number of nitrogens with zero attached hydrogens (tertiary/aromatic N) is 4. The van der Waals surface area contributed by atoms with E-state index in [1.807, 2.05) is 30.3 Å². The molecule has 2 aromatic carbocycles. The van der Waals surface area contributed by atoms with Crippen LogP contribution in [0.15, 0.2) is 54.7 Å². The fraction of sp³-hybridized carbons (Fsp3) is 0.259. The van der Waals surface area contributed by atoms with Crippen LogP contribution >= 0.6 is 11.6 Å². The minimum Gasteiger partial charge on any atom is -0.466 e. The van der Waals surface area contributed by atoms with Gasteiger partial charge in [-0.2, -0.15) is 5.26 Å². The molecule has 9 heteroatoms. The van der Waals surface area contributed by atoms with Gasteiger partial charge in [0.1, 0.15) is 11.9 Å². The van der Waals surface area contributed by atoms with Crippen molar-refractivity contribution in [3.63, 3.8) is 0 Å². The summed E-state index contributed by atoms with van der Waals surface area (Å²) in [7, 11) is 1.35. The number of carbonyl (C=O) groups is 1. The molecule has 0 unspecified atom stereocenters. The van der Waals surface area contributed by atoms with Gasteiger partial charge in [-0.25, -0.2) is 19.2 Å². The molecule has 1 aromatic heterocycles. The highest BCUT2D eigenvalue weighted by atomic mass is 35.5. The van der Waals surface area contributed by atoms with Crippen molar-refractivity contribution in [3.8, 4) is 17.3 Å². The van der Waals surface area contributed by atoms with Gasteiger partial charge in [0.15, 0.2) is 0 Å². The number of piperidine rings is 1. The molecule has 3 aromatic rings. The SMILES string of the molecule is COC(=O)/C=C/c1ccc(CNC2CCN(c3ncc(Cl)c(-c4ccc(C#N)c(F)c4)n3)CC2)cc1. The standard InChI is InChI=1S/C27H25ClFN5O2/c1-36-25(35)9-6-18-2-4-19(5-3-18)16-31-22-10-12-34(13-11-22)27-32-17-23(28)26(33-27)20-7-8-21(15-30)24(29)14-20/h2-9,14,17,22,31H,10-13,16H2,1H3/b9-6+. The third-order valence-corrected chi connectivity index (χ3v) is 6.34. The van der Waals surface area contributed by atoms with Crippen LogP contribution < -0.4 is 10.2 Å². The lowest BCUT2D eigenvalue weighted by atomic mass is 10.0. The van der Waals surface area contributed by atoms with Crippen molar-refractivity contribution in [1.82, 2.24) is 15.3 Å². The van der Waals surface area contributed by atoms with E-state index in [-0.39, 0.29) is 11.5 Å². The second kappa shape index (κ2) is 11.8. The van der Waals surface area contributed by atoms with Gasteiger partial charge in [0.05, 0.1) is 29.6 Å². The number of nitrogens with one attached hydrogen (secondary N) is 1. The molecule has 1 aliphatic heterocycles. The van der Waals surface area contributed by atoms with Gasteiger partial charge in [0, 0.05) is 37.3 Å². The third-order valence-electron chi connectivity index (χ3n) is 6.06. The molecule has 1 fully saturated rings. The first-order chi connectivity index (χ1) is 17.5. The van der Waals surface area contributed by atoms with Crippen LogP contribution in [-0.2, 0) is 16.1 Å². The van der Waals surface area contributed by atoms with Gasteiger partial charge in [0.25, 0.3) is 0 Å². The maximum absolute atomic E-state index is 14.1. The summed E-state index contributed by atoms with van der Waals surface area (Å²) < 4.78 is 18.7. The predicted molar refractivity (Wildman–Crippen MR) is 137 cm³/mol. The number of carbonyl (C=O) groups excluding carboxylic acids is 1. The quantitative estimate of drug-likeness (QED) is 0.366. The highest BCUT2D eigenvalue weighted by Crippen LogP contribution is 2.29. The molecule has 1 N–H and O–H groups in total. The monoisotopic (exact) mass is 505 g/mol. The number of ether oxygens (including phenoxy) is 1. The van der Waals surface area contributed by atoms with E-state index in [0.717, 1.165) is 43.6 Å². The van der Waals surface area contributed by atoms with Crippen LogP contribution in [0.3, 0.4) is 0 Å². The zero-order chi connectivity index (χ0) is 25.5. The number of hydrogen-bond acceptors (Lipinski definition) is 7. The van der Waals surface area contributed by atoms with Crippen LogP contribution in [0, 0.1) is 17.1 Å². The smallest absolute Gasteiger partial charge is 0.330 e. The Morgan fingerprint density at radius 1 is 1.28 bits per heavy atom. The molecule has 0 amide bonds. The van der Waals surface area contributed by atoms with Crippen molar-refractivity contribution in [3.05, 3.63) is 82.3 Å². The van der Waals surface area contributed by atoms with Crippen LogP contribution in [0.2, 0.25) is 5.02 Å². The lowest BCUT2D eigenvalue weighted by molar-refractivity contribution is -0.134. The minimum absolute atomic E-state index is 0.0231. The Bertz CT molecular complexity index is 1300. The summed E-state index contributed by atoms with van der Waals surface area (Å²) in [5.74, 6) is -0.436. The largest absolute Gasteiger partial charge is 0.466 e. The van der Waals surface area contributed by atoms with Crippen LogP contribution in [-0.4, -0.2) is 42.2 Å². The van der Waals surface area contributed by atoms with Gasteiger partial charge in [-0.3, -0.25) is 0 Å². The van der Waals surface area contributed by atoms with E-state index in [4.69, 9.17) is 16.9 Å². The molecule has 1 aliphatic rings. The fourth-order valence-corrected chi connectivity index (χ4v) is 4.19. The second-order valence-corrected chi connectivity index (χ2v) is 8.82. The van der Waals surface area contributed by atoms with Gasteiger partial charge in [-0.1, -0.05) is 41.9 Å². The van der Waals surface area contributed by atoms with E-state index in [0.29, 0.717) is 28.3 Å². The van der Waals surface area contributed by atoms with Gasteiger partial charge in [-0.15, -0.1) is 0 Å². The molecule has 0 saturated carbocycles. The van der Waals surface area contributed by atoms with Gasteiger partial charge >= 0.3 is 5.97 Å².